The average molecular weight is 488 g/mol. The van der Waals surface area contributed by atoms with Gasteiger partial charge in [-0.2, -0.15) is 4.31 Å². The number of carbonyl (C=O) groups excluding carboxylic acids is 2. The van der Waals surface area contributed by atoms with Gasteiger partial charge in [-0.3, -0.25) is 9.78 Å². The number of aromatic nitrogens is 2. The maximum atomic E-state index is 13.6. The van der Waals surface area contributed by atoms with Gasteiger partial charge in [0.05, 0.1) is 29.8 Å². The van der Waals surface area contributed by atoms with Gasteiger partial charge >= 0.3 is 5.97 Å². The first-order valence-electron chi connectivity index (χ1n) is 10.7. The largest absolute Gasteiger partial charge is 0.461 e. The van der Waals surface area contributed by atoms with Crippen molar-refractivity contribution in [3.05, 3.63) is 82.7 Å². The second kappa shape index (κ2) is 10.3. The van der Waals surface area contributed by atoms with Crippen LogP contribution in [0.4, 0.5) is 4.39 Å². The van der Waals surface area contributed by atoms with E-state index in [0.29, 0.717) is 17.0 Å². The van der Waals surface area contributed by atoms with Gasteiger partial charge in [0, 0.05) is 17.5 Å². The fourth-order valence-electron chi connectivity index (χ4n) is 3.69. The Morgan fingerprint density at radius 3 is 2.41 bits per heavy atom. The maximum absolute atomic E-state index is 13.6. The molecule has 1 atom stereocenters. The van der Waals surface area contributed by atoms with Gasteiger partial charge in [0.2, 0.25) is 10.0 Å². The zero-order chi connectivity index (χ0) is 25.0. The molecule has 180 valence electrons. The number of aromatic amines is 1. The predicted molar refractivity (Wildman–Crippen MR) is 123 cm³/mol. The number of H-pyrrole nitrogens is 1. The Bertz CT molecular complexity index is 1290. The van der Waals surface area contributed by atoms with Crippen LogP contribution in [0, 0.1) is 19.7 Å². The molecule has 2 aromatic heterocycles. The molecule has 1 N–H and O–H groups in total. The topological polar surface area (TPSA) is 109 Å². The van der Waals surface area contributed by atoms with Crippen molar-refractivity contribution in [3.63, 3.8) is 0 Å². The van der Waals surface area contributed by atoms with Gasteiger partial charge in [-0.1, -0.05) is 6.07 Å². The number of ketones is 1. The van der Waals surface area contributed by atoms with E-state index in [1.807, 2.05) is 0 Å². The molecule has 0 spiro atoms. The van der Waals surface area contributed by atoms with E-state index in [0.717, 1.165) is 28.6 Å². The Hall–Kier alpha value is -3.37. The van der Waals surface area contributed by atoms with Crippen molar-refractivity contribution in [3.8, 4) is 0 Å². The molecule has 0 radical (unpaired) electrons. The number of sulfonamides is 1. The number of esters is 1. The molecule has 2 heterocycles. The van der Waals surface area contributed by atoms with Crippen LogP contribution in [0.5, 0.6) is 0 Å². The van der Waals surface area contributed by atoms with Crippen molar-refractivity contribution in [2.75, 3.05) is 6.61 Å². The van der Waals surface area contributed by atoms with Gasteiger partial charge in [0.15, 0.2) is 5.78 Å². The molecule has 10 heteroatoms. The average Bonchev–Trinajstić information content (AvgIpc) is 3.11. The summed E-state index contributed by atoms with van der Waals surface area (Å²) < 4.78 is 46.6. The number of rotatable bonds is 9. The van der Waals surface area contributed by atoms with Crippen LogP contribution in [0.25, 0.3) is 0 Å². The van der Waals surface area contributed by atoms with Crippen LogP contribution >= 0.6 is 0 Å². The fourth-order valence-corrected chi connectivity index (χ4v) is 5.26. The summed E-state index contributed by atoms with van der Waals surface area (Å²) in [4.78, 5) is 32.8. The smallest absolute Gasteiger partial charge is 0.355 e. The van der Waals surface area contributed by atoms with Crippen molar-refractivity contribution in [2.24, 2.45) is 0 Å². The highest BCUT2D eigenvalue weighted by molar-refractivity contribution is 7.89. The van der Waals surface area contributed by atoms with Crippen LogP contribution in [0.15, 0.2) is 53.6 Å². The molecular formula is C24H26FN3O5S. The standard InChI is InChI=1S/C24H26FN3O5S/c1-5-33-24(30)22-15(2)21(16(3)27-22)23(29)17(4)28(14-19-8-6-7-13-26-19)34(31,32)20-11-9-18(25)10-12-20/h6-13,17,27H,5,14H2,1-4H3. The number of hydrogen-bond donors (Lipinski definition) is 1. The first-order valence-corrected chi connectivity index (χ1v) is 12.1. The Kier molecular flexibility index (Phi) is 7.63. The molecule has 0 amide bonds. The predicted octanol–water partition coefficient (Wildman–Crippen LogP) is 3.80. The molecule has 1 aromatic carbocycles. The summed E-state index contributed by atoms with van der Waals surface area (Å²) in [6.07, 6.45) is 1.52. The minimum absolute atomic E-state index is 0.146. The summed E-state index contributed by atoms with van der Waals surface area (Å²) >= 11 is 0. The van der Waals surface area contributed by atoms with Gasteiger partial charge in [0.1, 0.15) is 11.5 Å². The van der Waals surface area contributed by atoms with Crippen LogP contribution in [-0.2, 0) is 21.3 Å². The number of aryl methyl sites for hydroxylation is 1. The molecule has 34 heavy (non-hydrogen) atoms. The Morgan fingerprint density at radius 1 is 1.15 bits per heavy atom. The molecule has 3 rings (SSSR count). The molecule has 0 saturated heterocycles. The Labute approximate surface area is 197 Å². The minimum atomic E-state index is -4.21. The van der Waals surface area contributed by atoms with Gasteiger partial charge in [-0.25, -0.2) is 17.6 Å². The number of Topliss-reactive ketones (excluding diaryl/α,β-unsaturated/α-hetero) is 1. The summed E-state index contributed by atoms with van der Waals surface area (Å²) in [6, 6.07) is 8.30. The van der Waals surface area contributed by atoms with Crippen LogP contribution in [0.1, 0.15) is 51.6 Å². The number of ether oxygens (including phenoxy) is 1. The quantitative estimate of drug-likeness (QED) is 0.363. The van der Waals surface area contributed by atoms with E-state index in [1.165, 1.54) is 13.1 Å². The molecule has 0 bridgehead atoms. The molecule has 0 aliphatic carbocycles. The van der Waals surface area contributed by atoms with Crippen molar-refractivity contribution in [2.45, 2.75) is 45.2 Å². The number of carbonyl (C=O) groups is 2. The van der Waals surface area contributed by atoms with Crippen LogP contribution in [0.3, 0.4) is 0 Å². The van der Waals surface area contributed by atoms with Crippen LogP contribution in [0.2, 0.25) is 0 Å². The van der Waals surface area contributed by atoms with Crippen LogP contribution < -0.4 is 0 Å². The number of nitrogens with one attached hydrogen (secondary N) is 1. The Balaban J connectivity index is 2.05. The molecule has 3 aromatic rings. The molecule has 8 nitrogen and oxygen atoms in total. The fraction of sp³-hybridized carbons (Fsp3) is 0.292. The SMILES string of the molecule is CCOC(=O)c1[nH]c(C)c(C(=O)C(C)N(Cc2ccccn2)S(=O)(=O)c2ccc(F)cc2)c1C. The summed E-state index contributed by atoms with van der Waals surface area (Å²) in [7, 11) is -4.21. The molecule has 0 aliphatic rings. The van der Waals surface area contributed by atoms with E-state index < -0.39 is 33.6 Å². The van der Waals surface area contributed by atoms with Crippen molar-refractivity contribution in [1.82, 2.24) is 14.3 Å². The van der Waals surface area contributed by atoms with Gasteiger partial charge < -0.3 is 9.72 Å². The first kappa shape index (κ1) is 25.3. The third-order valence-electron chi connectivity index (χ3n) is 5.44. The second-order valence-electron chi connectivity index (χ2n) is 7.71. The molecule has 1 unspecified atom stereocenters. The van der Waals surface area contributed by atoms with Gasteiger partial charge in [-0.05, 0) is 69.7 Å². The lowest BCUT2D eigenvalue weighted by molar-refractivity contribution is 0.0519. The zero-order valence-corrected chi connectivity index (χ0v) is 20.1. The molecule has 0 aliphatic heterocycles. The highest BCUT2D eigenvalue weighted by Crippen LogP contribution is 2.26. The van der Waals surface area contributed by atoms with E-state index >= 15 is 0 Å². The number of pyridine rings is 1. The van der Waals surface area contributed by atoms with E-state index in [1.54, 1.807) is 39.0 Å². The lowest BCUT2D eigenvalue weighted by atomic mass is 10.0. The maximum Gasteiger partial charge on any atom is 0.355 e. The van der Waals surface area contributed by atoms with E-state index in [9.17, 15) is 22.4 Å². The normalized spacial score (nSPS) is 12.5. The van der Waals surface area contributed by atoms with Crippen molar-refractivity contribution in [1.29, 1.82) is 0 Å². The lowest BCUT2D eigenvalue weighted by Crippen LogP contribution is -2.43. The highest BCUT2D eigenvalue weighted by Gasteiger charge is 2.36. The summed E-state index contributed by atoms with van der Waals surface area (Å²) in [5, 5.41) is 0. The van der Waals surface area contributed by atoms with Gasteiger partial charge in [-0.15, -0.1) is 0 Å². The van der Waals surface area contributed by atoms with Crippen molar-refractivity contribution < 1.29 is 27.1 Å². The van der Waals surface area contributed by atoms with E-state index in [4.69, 9.17) is 4.74 Å². The molecule has 0 saturated carbocycles. The number of hydrogen-bond acceptors (Lipinski definition) is 6. The van der Waals surface area contributed by atoms with Crippen LogP contribution in [-0.4, -0.2) is 47.1 Å². The van der Waals surface area contributed by atoms with Crippen molar-refractivity contribution >= 4 is 21.8 Å². The number of nitrogens with zero attached hydrogens (tertiary/aromatic N) is 2. The minimum Gasteiger partial charge on any atom is -0.461 e. The Morgan fingerprint density at radius 2 is 1.82 bits per heavy atom. The second-order valence-corrected chi connectivity index (χ2v) is 9.60. The summed E-state index contributed by atoms with van der Waals surface area (Å²) in [6.45, 7) is 6.38. The summed E-state index contributed by atoms with van der Waals surface area (Å²) in [5.41, 5.74) is 1.60. The summed E-state index contributed by atoms with van der Waals surface area (Å²) in [5.74, 6) is -1.67. The third kappa shape index (κ3) is 5.07. The third-order valence-corrected chi connectivity index (χ3v) is 7.37. The molecular weight excluding hydrogens is 461 g/mol. The van der Waals surface area contributed by atoms with Gasteiger partial charge in [0.25, 0.3) is 0 Å². The monoisotopic (exact) mass is 487 g/mol. The number of benzene rings is 1. The first-order chi connectivity index (χ1) is 16.1. The highest BCUT2D eigenvalue weighted by atomic mass is 32.2. The van der Waals surface area contributed by atoms with E-state index in [2.05, 4.69) is 9.97 Å². The molecule has 0 fully saturated rings. The zero-order valence-electron chi connectivity index (χ0n) is 19.3. The lowest BCUT2D eigenvalue weighted by Gasteiger charge is -2.27. The number of halogens is 1. The van der Waals surface area contributed by atoms with E-state index in [-0.39, 0.29) is 29.3 Å².